The molecule has 0 aromatic carbocycles. The highest BCUT2D eigenvalue weighted by Gasteiger charge is 2.18. The Morgan fingerprint density at radius 2 is 2.18 bits per heavy atom. The highest BCUT2D eigenvalue weighted by Crippen LogP contribution is 2.07. The zero-order valence-corrected chi connectivity index (χ0v) is 6.63. The Bertz CT molecular complexity index is 341. The largest absolute Gasteiger partial charge is 0.261 e. The Labute approximate surface area is 63.4 Å². The first-order valence-corrected chi connectivity index (χ1v) is 4.44. The van der Waals surface area contributed by atoms with E-state index in [1.807, 2.05) is 0 Å². The van der Waals surface area contributed by atoms with Crippen molar-refractivity contribution >= 4 is 10.0 Å². The molecule has 0 aliphatic heterocycles. The summed E-state index contributed by atoms with van der Waals surface area (Å²) in [6, 6.07) is 0. The summed E-state index contributed by atoms with van der Waals surface area (Å²) in [5, 5.41) is 11.0. The van der Waals surface area contributed by atoms with E-state index in [0.717, 1.165) is 0 Å². The maximum absolute atomic E-state index is 10.7. The molecule has 62 valence electrons. The van der Waals surface area contributed by atoms with E-state index in [-0.39, 0.29) is 10.7 Å². The molecule has 11 heavy (non-hydrogen) atoms. The van der Waals surface area contributed by atoms with Gasteiger partial charge in [-0.2, -0.15) is 0 Å². The molecule has 0 aliphatic carbocycles. The average Bonchev–Trinajstić information content (AvgIpc) is 2.31. The third-order valence-corrected chi connectivity index (χ3v) is 1.98. The molecule has 1 rings (SSSR count). The van der Waals surface area contributed by atoms with E-state index in [1.165, 1.54) is 0 Å². The van der Waals surface area contributed by atoms with E-state index in [9.17, 15) is 8.42 Å². The Kier molecular flexibility index (Phi) is 1.92. The van der Waals surface area contributed by atoms with E-state index in [1.54, 1.807) is 6.92 Å². The van der Waals surface area contributed by atoms with E-state index in [2.05, 4.69) is 14.9 Å². The second-order valence-corrected chi connectivity index (χ2v) is 3.39. The van der Waals surface area contributed by atoms with Gasteiger partial charge in [0.05, 0.1) is 0 Å². The van der Waals surface area contributed by atoms with Gasteiger partial charge in [0.15, 0.2) is 0 Å². The average molecular weight is 177 g/mol. The molecule has 7 heteroatoms. The van der Waals surface area contributed by atoms with Crippen LogP contribution in [0, 0.1) is 0 Å². The molecule has 0 bridgehead atoms. The number of aromatic nitrogens is 2. The lowest BCUT2D eigenvalue weighted by Gasteiger charge is -1.89. The molecule has 0 amide bonds. The fraction of sp³-hybridized carbons (Fsp3) is 0.500. The summed E-state index contributed by atoms with van der Waals surface area (Å²) in [5.41, 5.74) is 0.257. The lowest BCUT2D eigenvalue weighted by Crippen LogP contribution is -2.14. The summed E-state index contributed by atoms with van der Waals surface area (Å²) in [5.74, 6) is 0. The van der Waals surface area contributed by atoms with Gasteiger partial charge in [0, 0.05) is 0 Å². The standard InChI is InChI=1S/C4H7N3O3S/c1-2-3-4(7-10-6-3)11(5,8)9/h2H2,1H3,(H2,5,8,9). The number of sulfonamides is 1. The monoisotopic (exact) mass is 177 g/mol. The molecular formula is C4H7N3O3S. The lowest BCUT2D eigenvalue weighted by atomic mass is 10.4. The molecule has 0 unspecified atom stereocenters. The quantitative estimate of drug-likeness (QED) is 0.642. The fourth-order valence-electron chi connectivity index (χ4n) is 0.630. The molecule has 2 N–H and O–H groups in total. The summed E-state index contributed by atoms with van der Waals surface area (Å²) < 4.78 is 25.6. The summed E-state index contributed by atoms with van der Waals surface area (Å²) in [6.45, 7) is 1.73. The second-order valence-electron chi connectivity index (χ2n) is 1.91. The second kappa shape index (κ2) is 2.59. The molecular weight excluding hydrogens is 170 g/mol. The highest BCUT2D eigenvalue weighted by molar-refractivity contribution is 7.89. The molecule has 0 saturated carbocycles. The lowest BCUT2D eigenvalue weighted by molar-refractivity contribution is 0.295. The van der Waals surface area contributed by atoms with E-state index in [0.29, 0.717) is 6.42 Å². The van der Waals surface area contributed by atoms with Gasteiger partial charge in [0.2, 0.25) is 5.03 Å². The first kappa shape index (κ1) is 8.15. The van der Waals surface area contributed by atoms with Crippen LogP contribution in [0.1, 0.15) is 12.6 Å². The number of primary sulfonamides is 1. The molecule has 1 aromatic rings. The Balaban J connectivity index is 3.24. The molecule has 0 aliphatic rings. The SMILES string of the molecule is CCc1nonc1S(N)(=O)=O. The van der Waals surface area contributed by atoms with Crippen molar-refractivity contribution in [2.24, 2.45) is 5.14 Å². The first-order valence-electron chi connectivity index (χ1n) is 2.90. The predicted molar refractivity (Wildman–Crippen MR) is 35.0 cm³/mol. The number of hydrogen-bond acceptors (Lipinski definition) is 5. The minimum atomic E-state index is -3.77. The molecule has 1 aromatic heterocycles. The van der Waals surface area contributed by atoms with Crippen LogP contribution < -0.4 is 5.14 Å². The van der Waals surface area contributed by atoms with Crippen LogP contribution in [-0.4, -0.2) is 18.7 Å². The number of nitrogens with zero attached hydrogens (tertiary/aromatic N) is 2. The molecule has 0 saturated heterocycles. The predicted octanol–water partition coefficient (Wildman–Crippen LogP) is -0.721. The topological polar surface area (TPSA) is 99.1 Å². The Morgan fingerprint density at radius 3 is 2.55 bits per heavy atom. The summed E-state index contributed by atoms with van der Waals surface area (Å²) in [4.78, 5) is 0. The summed E-state index contributed by atoms with van der Waals surface area (Å²) in [6.07, 6.45) is 0.426. The van der Waals surface area contributed by atoms with Gasteiger partial charge >= 0.3 is 0 Å². The van der Waals surface area contributed by atoms with Crippen molar-refractivity contribution in [3.8, 4) is 0 Å². The van der Waals surface area contributed by atoms with Crippen molar-refractivity contribution in [3.63, 3.8) is 0 Å². The first-order chi connectivity index (χ1) is 5.05. The van der Waals surface area contributed by atoms with Gasteiger partial charge in [-0.1, -0.05) is 12.1 Å². The van der Waals surface area contributed by atoms with Crippen LogP contribution in [0.4, 0.5) is 0 Å². The molecule has 6 nitrogen and oxygen atoms in total. The highest BCUT2D eigenvalue weighted by atomic mass is 32.2. The van der Waals surface area contributed by atoms with Crippen molar-refractivity contribution in [1.82, 2.24) is 10.3 Å². The van der Waals surface area contributed by atoms with Gasteiger partial charge in [-0.3, -0.25) is 0 Å². The van der Waals surface area contributed by atoms with Crippen molar-refractivity contribution in [2.75, 3.05) is 0 Å². The maximum Gasteiger partial charge on any atom is 0.261 e. The van der Waals surface area contributed by atoms with Crippen molar-refractivity contribution < 1.29 is 13.0 Å². The normalized spacial score (nSPS) is 11.8. The van der Waals surface area contributed by atoms with Crippen molar-refractivity contribution in [1.29, 1.82) is 0 Å². The molecule has 1 heterocycles. The Morgan fingerprint density at radius 1 is 1.55 bits per heavy atom. The van der Waals surface area contributed by atoms with Crippen LogP contribution in [0.5, 0.6) is 0 Å². The van der Waals surface area contributed by atoms with E-state index in [4.69, 9.17) is 5.14 Å². The van der Waals surface area contributed by atoms with Crippen LogP contribution in [0.3, 0.4) is 0 Å². The van der Waals surface area contributed by atoms with Crippen molar-refractivity contribution in [3.05, 3.63) is 5.69 Å². The van der Waals surface area contributed by atoms with Crippen LogP contribution in [0.2, 0.25) is 0 Å². The van der Waals surface area contributed by atoms with Gasteiger partial charge in [0.25, 0.3) is 10.0 Å². The number of hydrogen-bond donors (Lipinski definition) is 1. The molecule has 0 atom stereocenters. The maximum atomic E-state index is 10.7. The zero-order valence-electron chi connectivity index (χ0n) is 5.81. The van der Waals surface area contributed by atoms with Crippen LogP contribution in [-0.2, 0) is 16.4 Å². The number of rotatable bonds is 2. The fourth-order valence-corrected chi connectivity index (χ4v) is 1.28. The smallest absolute Gasteiger partial charge is 0.243 e. The molecule has 0 fully saturated rings. The molecule has 0 radical (unpaired) electrons. The van der Waals surface area contributed by atoms with E-state index >= 15 is 0 Å². The van der Waals surface area contributed by atoms with Gasteiger partial charge in [-0.15, -0.1) is 0 Å². The summed E-state index contributed by atoms with van der Waals surface area (Å²) in [7, 11) is -3.77. The van der Waals surface area contributed by atoms with E-state index < -0.39 is 10.0 Å². The van der Waals surface area contributed by atoms with Crippen LogP contribution in [0.25, 0.3) is 0 Å². The van der Waals surface area contributed by atoms with Gasteiger partial charge in [-0.25, -0.2) is 18.2 Å². The van der Waals surface area contributed by atoms with Gasteiger partial charge < -0.3 is 0 Å². The van der Waals surface area contributed by atoms with Gasteiger partial charge in [0.1, 0.15) is 5.69 Å². The molecule has 0 spiro atoms. The minimum Gasteiger partial charge on any atom is -0.243 e. The Hall–Kier alpha value is -0.950. The van der Waals surface area contributed by atoms with Gasteiger partial charge in [-0.05, 0) is 11.6 Å². The van der Waals surface area contributed by atoms with Crippen LogP contribution >= 0.6 is 0 Å². The third kappa shape index (κ3) is 1.55. The third-order valence-electron chi connectivity index (χ3n) is 1.13. The number of nitrogens with two attached hydrogens (primary N) is 1. The minimum absolute atomic E-state index is 0.257. The van der Waals surface area contributed by atoms with Crippen molar-refractivity contribution in [2.45, 2.75) is 18.4 Å². The van der Waals surface area contributed by atoms with Crippen LogP contribution in [0.15, 0.2) is 9.65 Å². The number of aryl methyl sites for hydroxylation is 1. The summed E-state index contributed by atoms with van der Waals surface area (Å²) >= 11 is 0. The zero-order chi connectivity index (χ0) is 8.48.